The monoisotopic (exact) mass is 290 g/mol. The average Bonchev–Trinajstić information content (AvgIpc) is 2.48. The van der Waals surface area contributed by atoms with Crippen LogP contribution in [0.15, 0.2) is 24.3 Å². The highest BCUT2D eigenvalue weighted by Crippen LogP contribution is 2.29. The fourth-order valence-corrected chi connectivity index (χ4v) is 3.31. The van der Waals surface area contributed by atoms with Crippen molar-refractivity contribution in [1.82, 2.24) is 4.90 Å². The highest BCUT2D eigenvalue weighted by Gasteiger charge is 2.23. The number of nitrogens with two attached hydrogens (primary N) is 1. The molecule has 1 aromatic rings. The van der Waals surface area contributed by atoms with E-state index in [4.69, 9.17) is 10.5 Å². The predicted octanol–water partition coefficient (Wildman–Crippen LogP) is 3.60. The summed E-state index contributed by atoms with van der Waals surface area (Å²) in [5.74, 6) is 1.82. The maximum absolute atomic E-state index is 6.44. The second-order valence-electron chi connectivity index (χ2n) is 6.43. The van der Waals surface area contributed by atoms with Crippen molar-refractivity contribution in [3.8, 4) is 5.75 Å². The van der Waals surface area contributed by atoms with E-state index in [1.54, 1.807) is 0 Å². The highest BCUT2D eigenvalue weighted by atomic mass is 16.5. The molecular formula is C18H30N2O. The van der Waals surface area contributed by atoms with Crippen molar-refractivity contribution in [2.75, 3.05) is 20.2 Å². The van der Waals surface area contributed by atoms with Crippen LogP contribution in [0.5, 0.6) is 5.75 Å². The Hall–Kier alpha value is -1.06. The van der Waals surface area contributed by atoms with Crippen molar-refractivity contribution in [3.05, 3.63) is 29.8 Å². The van der Waals surface area contributed by atoms with Gasteiger partial charge in [0.25, 0.3) is 0 Å². The van der Waals surface area contributed by atoms with Gasteiger partial charge in [-0.25, -0.2) is 0 Å². The van der Waals surface area contributed by atoms with Crippen LogP contribution in [-0.2, 0) is 0 Å². The maximum atomic E-state index is 6.44. The quantitative estimate of drug-likeness (QED) is 0.870. The molecule has 1 fully saturated rings. The van der Waals surface area contributed by atoms with Crippen molar-refractivity contribution in [1.29, 1.82) is 0 Å². The summed E-state index contributed by atoms with van der Waals surface area (Å²) in [6, 6.07) is 8.85. The molecule has 1 atom stereocenters. The van der Waals surface area contributed by atoms with Crippen molar-refractivity contribution < 1.29 is 4.74 Å². The molecule has 1 aliphatic carbocycles. The van der Waals surface area contributed by atoms with Gasteiger partial charge < -0.3 is 15.4 Å². The fraction of sp³-hybridized carbons (Fsp3) is 0.667. The van der Waals surface area contributed by atoms with Gasteiger partial charge in [0.15, 0.2) is 0 Å². The summed E-state index contributed by atoms with van der Waals surface area (Å²) in [6.45, 7) is 5.95. The number of hydrogen-bond acceptors (Lipinski definition) is 3. The smallest absolute Gasteiger partial charge is 0.124 e. The molecule has 0 aromatic heterocycles. The number of nitrogens with zero attached hydrogens (tertiary/aromatic N) is 1. The minimum atomic E-state index is 0.0112. The second kappa shape index (κ2) is 7.81. The normalized spacial score (nSPS) is 24.0. The summed E-state index contributed by atoms with van der Waals surface area (Å²) < 4.78 is 5.70. The maximum Gasteiger partial charge on any atom is 0.124 e. The van der Waals surface area contributed by atoms with Crippen molar-refractivity contribution in [3.63, 3.8) is 0 Å². The number of likely N-dealkylation sites (N-methyl/N-ethyl adjacent to an activating group) is 1. The van der Waals surface area contributed by atoms with E-state index >= 15 is 0 Å². The molecule has 2 N–H and O–H groups in total. The first-order chi connectivity index (χ1) is 10.1. The molecule has 1 unspecified atom stereocenters. The summed E-state index contributed by atoms with van der Waals surface area (Å²) >= 11 is 0. The van der Waals surface area contributed by atoms with Gasteiger partial charge in [0.1, 0.15) is 5.75 Å². The molecular weight excluding hydrogens is 260 g/mol. The van der Waals surface area contributed by atoms with Crippen molar-refractivity contribution in [2.24, 2.45) is 11.7 Å². The summed E-state index contributed by atoms with van der Waals surface area (Å²) in [5.41, 5.74) is 7.56. The molecule has 0 bridgehead atoms. The molecule has 2 rings (SSSR count). The third kappa shape index (κ3) is 4.45. The number of hydrogen-bond donors (Lipinski definition) is 1. The van der Waals surface area contributed by atoms with E-state index in [9.17, 15) is 0 Å². The molecule has 0 spiro atoms. The average molecular weight is 290 g/mol. The lowest BCUT2D eigenvalue weighted by Gasteiger charge is -2.35. The standard InChI is InChI=1S/C18H30N2O/c1-4-21-18-8-6-5-7-16(18)17(19)13-20(3)15-11-9-14(2)10-12-15/h5-8,14-15,17H,4,9-13,19H2,1-3H3. The Kier molecular flexibility index (Phi) is 6.07. The summed E-state index contributed by atoms with van der Waals surface area (Å²) in [5, 5.41) is 0. The van der Waals surface area contributed by atoms with Crippen molar-refractivity contribution in [2.45, 2.75) is 51.6 Å². The zero-order valence-corrected chi connectivity index (χ0v) is 13.7. The molecule has 0 aliphatic heterocycles. The van der Waals surface area contributed by atoms with E-state index < -0.39 is 0 Å². The topological polar surface area (TPSA) is 38.5 Å². The van der Waals surface area contributed by atoms with Gasteiger partial charge in [0, 0.05) is 24.2 Å². The molecule has 0 amide bonds. The largest absolute Gasteiger partial charge is 0.494 e. The summed E-state index contributed by atoms with van der Waals surface area (Å²) in [6.07, 6.45) is 5.30. The summed E-state index contributed by atoms with van der Waals surface area (Å²) in [4.78, 5) is 2.44. The van der Waals surface area contributed by atoms with Crippen LogP contribution in [0, 0.1) is 5.92 Å². The Morgan fingerprint density at radius 3 is 2.57 bits per heavy atom. The van der Waals surface area contributed by atoms with Crippen LogP contribution in [0.3, 0.4) is 0 Å². The molecule has 1 aromatic carbocycles. The third-order valence-corrected chi connectivity index (χ3v) is 4.71. The van der Waals surface area contributed by atoms with E-state index in [1.807, 2.05) is 25.1 Å². The van der Waals surface area contributed by atoms with Gasteiger partial charge in [-0.3, -0.25) is 0 Å². The van der Waals surface area contributed by atoms with Crippen LogP contribution in [0.2, 0.25) is 0 Å². The predicted molar refractivity (Wildman–Crippen MR) is 88.6 cm³/mol. The number of para-hydroxylation sites is 1. The molecule has 3 nitrogen and oxygen atoms in total. The Morgan fingerprint density at radius 1 is 1.24 bits per heavy atom. The molecule has 21 heavy (non-hydrogen) atoms. The van der Waals surface area contributed by atoms with Gasteiger partial charge in [-0.1, -0.05) is 25.1 Å². The Balaban J connectivity index is 1.95. The Labute approximate surface area is 129 Å². The van der Waals surface area contributed by atoms with Gasteiger partial charge in [-0.05, 0) is 51.6 Å². The SMILES string of the molecule is CCOc1ccccc1C(N)CN(C)C1CCC(C)CC1. The van der Waals surface area contributed by atoms with E-state index in [2.05, 4.69) is 24.9 Å². The lowest BCUT2D eigenvalue weighted by molar-refractivity contribution is 0.162. The van der Waals surface area contributed by atoms with Crippen LogP contribution >= 0.6 is 0 Å². The van der Waals surface area contributed by atoms with E-state index in [1.165, 1.54) is 25.7 Å². The fourth-order valence-electron chi connectivity index (χ4n) is 3.31. The molecule has 0 heterocycles. The lowest BCUT2D eigenvalue weighted by atomic mass is 9.86. The van der Waals surface area contributed by atoms with Gasteiger partial charge in [-0.2, -0.15) is 0 Å². The molecule has 1 aliphatic rings. The van der Waals surface area contributed by atoms with Gasteiger partial charge in [0.05, 0.1) is 6.61 Å². The van der Waals surface area contributed by atoms with E-state index in [0.29, 0.717) is 12.6 Å². The van der Waals surface area contributed by atoms with Crippen LogP contribution in [0.25, 0.3) is 0 Å². The highest BCUT2D eigenvalue weighted by molar-refractivity contribution is 5.36. The third-order valence-electron chi connectivity index (χ3n) is 4.71. The Bertz CT molecular complexity index is 427. The lowest BCUT2D eigenvalue weighted by Crippen LogP contribution is -2.39. The van der Waals surface area contributed by atoms with Gasteiger partial charge in [0.2, 0.25) is 0 Å². The first kappa shape index (κ1) is 16.3. The molecule has 1 saturated carbocycles. The van der Waals surface area contributed by atoms with Gasteiger partial charge >= 0.3 is 0 Å². The van der Waals surface area contributed by atoms with Crippen LogP contribution in [-0.4, -0.2) is 31.1 Å². The van der Waals surface area contributed by atoms with Crippen LogP contribution in [0.1, 0.15) is 51.1 Å². The number of rotatable bonds is 6. The minimum Gasteiger partial charge on any atom is -0.494 e. The van der Waals surface area contributed by atoms with Crippen molar-refractivity contribution >= 4 is 0 Å². The second-order valence-corrected chi connectivity index (χ2v) is 6.43. The van der Waals surface area contributed by atoms with Crippen LogP contribution in [0.4, 0.5) is 0 Å². The Morgan fingerprint density at radius 2 is 1.90 bits per heavy atom. The molecule has 0 radical (unpaired) electrons. The van der Waals surface area contributed by atoms with E-state index in [0.717, 1.165) is 23.8 Å². The minimum absolute atomic E-state index is 0.0112. The molecule has 0 saturated heterocycles. The van der Waals surface area contributed by atoms with Crippen LogP contribution < -0.4 is 10.5 Å². The zero-order chi connectivity index (χ0) is 15.2. The van der Waals surface area contributed by atoms with Gasteiger partial charge in [-0.15, -0.1) is 0 Å². The first-order valence-electron chi connectivity index (χ1n) is 8.29. The summed E-state index contributed by atoms with van der Waals surface area (Å²) in [7, 11) is 2.21. The number of ether oxygens (including phenoxy) is 1. The molecule has 3 heteroatoms. The van der Waals surface area contributed by atoms with E-state index in [-0.39, 0.29) is 6.04 Å². The zero-order valence-electron chi connectivity index (χ0n) is 13.7. The first-order valence-corrected chi connectivity index (χ1v) is 8.29. The molecule has 118 valence electrons. The number of benzene rings is 1.